The molecule has 2 aliphatic heterocycles. The summed E-state index contributed by atoms with van der Waals surface area (Å²) < 4.78 is 0. The fourth-order valence-electron chi connectivity index (χ4n) is 2.88. The number of hydrogen-bond acceptors (Lipinski definition) is 3. The highest BCUT2D eigenvalue weighted by molar-refractivity contribution is 5.81. The number of nitrogens with two attached hydrogens (primary N) is 1. The van der Waals surface area contributed by atoms with E-state index in [-0.39, 0.29) is 17.7 Å². The number of carbonyl (C=O) groups is 2. The Balaban J connectivity index is 1.70. The molecule has 0 aromatic heterocycles. The van der Waals surface area contributed by atoms with Crippen LogP contribution in [0.15, 0.2) is 0 Å². The van der Waals surface area contributed by atoms with E-state index in [2.05, 4.69) is 5.32 Å². The third-order valence-corrected chi connectivity index (χ3v) is 4.11. The van der Waals surface area contributed by atoms with E-state index in [4.69, 9.17) is 5.73 Å². The lowest BCUT2D eigenvalue weighted by atomic mass is 9.94. The van der Waals surface area contributed by atoms with Gasteiger partial charge < -0.3 is 16.0 Å². The second-order valence-corrected chi connectivity index (χ2v) is 5.48. The van der Waals surface area contributed by atoms with Crippen LogP contribution in [0.1, 0.15) is 32.1 Å². The summed E-state index contributed by atoms with van der Waals surface area (Å²) in [4.78, 5) is 24.9. The van der Waals surface area contributed by atoms with E-state index in [1.165, 1.54) is 12.8 Å². The molecule has 3 N–H and O–H groups in total. The smallest absolute Gasteiger partial charge is 0.222 e. The molecular formula is C13H23N3O2. The van der Waals surface area contributed by atoms with Gasteiger partial charge in [-0.1, -0.05) is 0 Å². The van der Waals surface area contributed by atoms with E-state index in [1.807, 2.05) is 0 Å². The summed E-state index contributed by atoms with van der Waals surface area (Å²) in [6.45, 7) is 3.36. The molecule has 0 aromatic carbocycles. The lowest BCUT2D eigenvalue weighted by molar-refractivity contribution is -0.130. The molecule has 2 rings (SSSR count). The van der Waals surface area contributed by atoms with E-state index in [0.717, 1.165) is 25.9 Å². The van der Waals surface area contributed by atoms with Gasteiger partial charge >= 0.3 is 0 Å². The van der Waals surface area contributed by atoms with Crippen molar-refractivity contribution >= 4 is 11.8 Å². The van der Waals surface area contributed by atoms with E-state index in [1.54, 1.807) is 4.90 Å². The maximum atomic E-state index is 12.0. The maximum Gasteiger partial charge on any atom is 0.222 e. The second-order valence-electron chi connectivity index (χ2n) is 5.48. The van der Waals surface area contributed by atoms with Crippen LogP contribution in [0.25, 0.3) is 0 Å². The molecule has 2 aliphatic rings. The van der Waals surface area contributed by atoms with Crippen LogP contribution in [0.4, 0.5) is 0 Å². The van der Waals surface area contributed by atoms with Crippen LogP contribution in [-0.2, 0) is 9.59 Å². The summed E-state index contributed by atoms with van der Waals surface area (Å²) in [7, 11) is 0. The first-order valence-electron chi connectivity index (χ1n) is 6.94. The fourth-order valence-corrected chi connectivity index (χ4v) is 2.88. The largest absolute Gasteiger partial charge is 0.369 e. The number of hydrogen-bond donors (Lipinski definition) is 2. The molecule has 102 valence electrons. The first kappa shape index (κ1) is 13.3. The summed E-state index contributed by atoms with van der Waals surface area (Å²) >= 11 is 0. The van der Waals surface area contributed by atoms with Gasteiger partial charge in [-0.3, -0.25) is 9.59 Å². The molecule has 18 heavy (non-hydrogen) atoms. The third-order valence-electron chi connectivity index (χ3n) is 4.11. The third kappa shape index (κ3) is 3.45. The molecule has 2 atom stereocenters. The van der Waals surface area contributed by atoms with E-state index < -0.39 is 0 Å². The molecule has 0 bridgehead atoms. The molecule has 2 heterocycles. The summed E-state index contributed by atoms with van der Waals surface area (Å²) in [5.74, 6) is 0.411. The number of carbonyl (C=O) groups excluding carboxylic acids is 2. The van der Waals surface area contributed by atoms with Crippen LogP contribution in [0.5, 0.6) is 0 Å². The summed E-state index contributed by atoms with van der Waals surface area (Å²) in [5, 5.41) is 3.36. The van der Waals surface area contributed by atoms with Crippen molar-refractivity contribution in [2.45, 2.75) is 32.1 Å². The minimum Gasteiger partial charge on any atom is -0.369 e. The Morgan fingerprint density at radius 1 is 1.33 bits per heavy atom. The molecule has 2 unspecified atom stereocenters. The Kier molecular flexibility index (Phi) is 4.58. The summed E-state index contributed by atoms with van der Waals surface area (Å²) in [6, 6.07) is 0. The van der Waals surface area contributed by atoms with Crippen LogP contribution in [0.3, 0.4) is 0 Å². The van der Waals surface area contributed by atoms with Gasteiger partial charge in [-0.05, 0) is 44.7 Å². The van der Waals surface area contributed by atoms with Gasteiger partial charge in [0.15, 0.2) is 0 Å². The lowest BCUT2D eigenvalue weighted by Crippen LogP contribution is -2.33. The monoisotopic (exact) mass is 253 g/mol. The summed E-state index contributed by atoms with van der Waals surface area (Å²) in [5.41, 5.74) is 5.27. The van der Waals surface area contributed by atoms with Crippen LogP contribution in [0.2, 0.25) is 0 Å². The normalized spacial score (nSPS) is 28.3. The number of nitrogens with zero attached hydrogens (tertiary/aromatic N) is 1. The first-order valence-corrected chi connectivity index (χ1v) is 6.94. The van der Waals surface area contributed by atoms with E-state index in [0.29, 0.717) is 25.4 Å². The van der Waals surface area contributed by atoms with Crippen LogP contribution in [0, 0.1) is 11.8 Å². The predicted octanol–water partition coefficient (Wildman–Crippen LogP) is 0.1000. The molecule has 2 fully saturated rings. The zero-order valence-corrected chi connectivity index (χ0v) is 10.9. The number of nitrogens with one attached hydrogen (secondary N) is 1. The molecule has 0 spiro atoms. The van der Waals surface area contributed by atoms with Crippen molar-refractivity contribution in [1.82, 2.24) is 10.2 Å². The fraction of sp³-hybridized carbons (Fsp3) is 0.846. The zero-order chi connectivity index (χ0) is 13.0. The predicted molar refractivity (Wildman–Crippen MR) is 68.7 cm³/mol. The Labute approximate surface area is 108 Å². The molecule has 2 amide bonds. The number of amides is 2. The average molecular weight is 253 g/mol. The van der Waals surface area contributed by atoms with E-state index in [9.17, 15) is 9.59 Å². The molecule has 2 saturated heterocycles. The molecule has 0 aliphatic carbocycles. The average Bonchev–Trinajstić information content (AvgIpc) is 2.87. The SMILES string of the molecule is NC(=O)C1CCN(C(=O)CCC2CCCNC2)C1. The van der Waals surface area contributed by atoms with Crippen molar-refractivity contribution < 1.29 is 9.59 Å². The van der Waals surface area contributed by atoms with Gasteiger partial charge in [-0.25, -0.2) is 0 Å². The van der Waals surface area contributed by atoms with Crippen molar-refractivity contribution in [1.29, 1.82) is 0 Å². The highest BCUT2D eigenvalue weighted by Gasteiger charge is 2.29. The highest BCUT2D eigenvalue weighted by atomic mass is 16.2. The zero-order valence-electron chi connectivity index (χ0n) is 10.9. The van der Waals surface area contributed by atoms with Gasteiger partial charge in [0.1, 0.15) is 0 Å². The van der Waals surface area contributed by atoms with Crippen LogP contribution >= 0.6 is 0 Å². The Bertz CT molecular complexity index is 313. The maximum absolute atomic E-state index is 12.0. The Hall–Kier alpha value is -1.10. The Morgan fingerprint density at radius 2 is 2.17 bits per heavy atom. The number of primary amides is 1. The van der Waals surface area contributed by atoms with Gasteiger partial charge in [-0.15, -0.1) is 0 Å². The quantitative estimate of drug-likeness (QED) is 0.746. The van der Waals surface area contributed by atoms with Crippen molar-refractivity contribution in [2.75, 3.05) is 26.2 Å². The van der Waals surface area contributed by atoms with Crippen molar-refractivity contribution in [3.05, 3.63) is 0 Å². The topological polar surface area (TPSA) is 75.4 Å². The van der Waals surface area contributed by atoms with Crippen LogP contribution < -0.4 is 11.1 Å². The molecule has 0 aromatic rings. The van der Waals surface area contributed by atoms with Crippen molar-refractivity contribution in [2.24, 2.45) is 17.6 Å². The molecule has 5 heteroatoms. The molecule has 0 radical (unpaired) electrons. The van der Waals surface area contributed by atoms with Gasteiger partial charge in [0.05, 0.1) is 5.92 Å². The van der Waals surface area contributed by atoms with Gasteiger partial charge in [0, 0.05) is 19.5 Å². The van der Waals surface area contributed by atoms with Gasteiger partial charge in [0.2, 0.25) is 11.8 Å². The van der Waals surface area contributed by atoms with Gasteiger partial charge in [0.25, 0.3) is 0 Å². The molecule has 5 nitrogen and oxygen atoms in total. The minimum atomic E-state index is -0.276. The van der Waals surface area contributed by atoms with Crippen LogP contribution in [-0.4, -0.2) is 42.9 Å². The minimum absolute atomic E-state index is 0.134. The number of likely N-dealkylation sites (tertiary alicyclic amines) is 1. The number of piperidine rings is 1. The summed E-state index contributed by atoms with van der Waals surface area (Å²) in [6.07, 6.45) is 4.74. The van der Waals surface area contributed by atoms with E-state index >= 15 is 0 Å². The second kappa shape index (κ2) is 6.18. The highest BCUT2D eigenvalue weighted by Crippen LogP contribution is 2.20. The lowest BCUT2D eigenvalue weighted by Gasteiger charge is -2.23. The standard InChI is InChI=1S/C13H23N3O2/c14-13(18)11-5-7-16(9-11)12(17)4-3-10-2-1-6-15-8-10/h10-11,15H,1-9H2,(H2,14,18). The molecular weight excluding hydrogens is 230 g/mol. The number of rotatable bonds is 4. The van der Waals surface area contributed by atoms with Crippen molar-refractivity contribution in [3.8, 4) is 0 Å². The van der Waals surface area contributed by atoms with Gasteiger partial charge in [-0.2, -0.15) is 0 Å². The molecule has 0 saturated carbocycles. The van der Waals surface area contributed by atoms with Crippen molar-refractivity contribution in [3.63, 3.8) is 0 Å². The first-order chi connectivity index (χ1) is 8.66. The Morgan fingerprint density at radius 3 is 2.78 bits per heavy atom.